The Morgan fingerprint density at radius 2 is 1.75 bits per heavy atom. The summed E-state index contributed by atoms with van der Waals surface area (Å²) < 4.78 is 39.1. The van der Waals surface area contributed by atoms with Gasteiger partial charge in [0.25, 0.3) is 0 Å². The minimum absolute atomic E-state index is 0.0179. The van der Waals surface area contributed by atoms with Gasteiger partial charge < -0.3 is 10.1 Å². The van der Waals surface area contributed by atoms with Gasteiger partial charge in [-0.3, -0.25) is 0 Å². The molecule has 0 fully saturated rings. The molecule has 0 aliphatic heterocycles. The predicted octanol–water partition coefficient (Wildman–Crippen LogP) is 5.87. The van der Waals surface area contributed by atoms with E-state index in [4.69, 9.17) is 0 Å². The molecule has 0 atom stereocenters. The second-order valence-electron chi connectivity index (χ2n) is 5.27. The van der Waals surface area contributed by atoms with Gasteiger partial charge in [-0.2, -0.15) is 18.3 Å². The number of nitrogens with one attached hydrogen (secondary N) is 1. The van der Waals surface area contributed by atoms with Crippen LogP contribution < -0.4 is 0 Å². The standard InChI is InChI=1S/C17H14F3N3O/c1-2-10-6-8-11(9-7-10)22-23-15-12-4-3-5-13(17(18,19)20)14(12)21-16(15)24/h3-9,21,24H,2H2,1H3. The van der Waals surface area contributed by atoms with Gasteiger partial charge in [0.1, 0.15) is 0 Å². The first kappa shape index (κ1) is 16.0. The van der Waals surface area contributed by atoms with Gasteiger partial charge in [0.15, 0.2) is 5.69 Å². The van der Waals surface area contributed by atoms with Crippen molar-refractivity contribution in [1.29, 1.82) is 0 Å². The van der Waals surface area contributed by atoms with Crippen molar-refractivity contribution in [2.45, 2.75) is 19.5 Å². The first-order valence-corrected chi connectivity index (χ1v) is 7.31. The lowest BCUT2D eigenvalue weighted by Crippen LogP contribution is -2.05. The zero-order chi connectivity index (χ0) is 17.3. The minimum atomic E-state index is -4.53. The third-order valence-electron chi connectivity index (χ3n) is 3.70. The van der Waals surface area contributed by atoms with Gasteiger partial charge in [-0.15, -0.1) is 5.11 Å². The lowest BCUT2D eigenvalue weighted by molar-refractivity contribution is -0.136. The van der Waals surface area contributed by atoms with Crippen LogP contribution in [0.1, 0.15) is 18.1 Å². The maximum absolute atomic E-state index is 13.0. The molecule has 0 amide bonds. The summed E-state index contributed by atoms with van der Waals surface area (Å²) in [5, 5.41) is 18.0. The summed E-state index contributed by atoms with van der Waals surface area (Å²) in [7, 11) is 0. The van der Waals surface area contributed by atoms with Gasteiger partial charge in [-0.05, 0) is 30.2 Å². The van der Waals surface area contributed by atoms with Gasteiger partial charge in [-0.25, -0.2) is 0 Å². The summed E-state index contributed by atoms with van der Waals surface area (Å²) in [5.74, 6) is -0.448. The number of alkyl halides is 3. The second kappa shape index (κ2) is 5.99. The van der Waals surface area contributed by atoms with E-state index in [1.807, 2.05) is 19.1 Å². The highest BCUT2D eigenvalue weighted by atomic mass is 19.4. The summed E-state index contributed by atoms with van der Waals surface area (Å²) in [4.78, 5) is 2.34. The minimum Gasteiger partial charge on any atom is -0.493 e. The molecular formula is C17H14F3N3O. The molecule has 0 radical (unpaired) electrons. The van der Waals surface area contributed by atoms with Gasteiger partial charge in [0.2, 0.25) is 5.88 Å². The molecule has 0 aliphatic rings. The van der Waals surface area contributed by atoms with Crippen LogP contribution in [0.3, 0.4) is 0 Å². The maximum atomic E-state index is 13.0. The van der Waals surface area contributed by atoms with Crippen LogP contribution in [0.25, 0.3) is 10.9 Å². The monoisotopic (exact) mass is 333 g/mol. The Hall–Kier alpha value is -2.83. The highest BCUT2D eigenvalue weighted by Crippen LogP contribution is 2.42. The molecule has 0 bridgehead atoms. The number of aryl methyl sites for hydroxylation is 1. The fraction of sp³-hybridized carbons (Fsp3) is 0.176. The molecule has 0 saturated heterocycles. The molecule has 0 aliphatic carbocycles. The summed E-state index contributed by atoms with van der Waals surface area (Å²) >= 11 is 0. The van der Waals surface area contributed by atoms with Crippen LogP contribution in [-0.2, 0) is 12.6 Å². The Balaban J connectivity index is 2.03. The van der Waals surface area contributed by atoms with E-state index in [9.17, 15) is 18.3 Å². The van der Waals surface area contributed by atoms with Crippen LogP contribution in [0, 0.1) is 0 Å². The zero-order valence-corrected chi connectivity index (χ0v) is 12.7. The Bertz CT molecular complexity index is 896. The normalized spacial score (nSPS) is 12.3. The SMILES string of the molecule is CCc1ccc(N=Nc2c(O)[nH]c3c(C(F)(F)F)cccc23)cc1. The van der Waals surface area contributed by atoms with Crippen molar-refractivity contribution in [2.24, 2.45) is 10.2 Å². The largest absolute Gasteiger partial charge is 0.493 e. The number of fused-ring (bicyclic) bond motifs is 1. The predicted molar refractivity (Wildman–Crippen MR) is 85.0 cm³/mol. The number of H-pyrrole nitrogens is 1. The molecule has 7 heteroatoms. The molecule has 124 valence electrons. The van der Waals surface area contributed by atoms with Crippen LogP contribution in [0.15, 0.2) is 52.7 Å². The maximum Gasteiger partial charge on any atom is 0.418 e. The number of benzene rings is 2. The van der Waals surface area contributed by atoms with Crippen molar-refractivity contribution in [3.63, 3.8) is 0 Å². The lowest BCUT2D eigenvalue weighted by Gasteiger charge is -2.06. The smallest absolute Gasteiger partial charge is 0.418 e. The summed E-state index contributed by atoms with van der Waals surface area (Å²) in [5.41, 5.74) is 0.601. The van der Waals surface area contributed by atoms with E-state index in [1.54, 1.807) is 12.1 Å². The van der Waals surface area contributed by atoms with E-state index >= 15 is 0 Å². The first-order chi connectivity index (χ1) is 11.4. The summed E-state index contributed by atoms with van der Waals surface area (Å²) in [6, 6.07) is 11.0. The number of hydrogen-bond acceptors (Lipinski definition) is 3. The van der Waals surface area contributed by atoms with Crippen LogP contribution in [-0.4, -0.2) is 10.1 Å². The van der Waals surface area contributed by atoms with Gasteiger partial charge >= 0.3 is 6.18 Å². The van der Waals surface area contributed by atoms with Gasteiger partial charge in [0, 0.05) is 5.39 Å². The number of aromatic amines is 1. The number of nitrogens with zero attached hydrogens (tertiary/aromatic N) is 2. The van der Waals surface area contributed by atoms with Crippen LogP contribution in [0.2, 0.25) is 0 Å². The van der Waals surface area contributed by atoms with E-state index in [1.165, 1.54) is 12.1 Å². The zero-order valence-electron chi connectivity index (χ0n) is 12.7. The van der Waals surface area contributed by atoms with Crippen molar-refractivity contribution in [3.05, 3.63) is 53.6 Å². The number of para-hydroxylation sites is 1. The number of rotatable bonds is 3. The van der Waals surface area contributed by atoms with Crippen LogP contribution >= 0.6 is 0 Å². The Morgan fingerprint density at radius 3 is 2.38 bits per heavy atom. The van der Waals surface area contributed by atoms with E-state index in [0.717, 1.165) is 18.1 Å². The van der Waals surface area contributed by atoms with Crippen molar-refractivity contribution in [1.82, 2.24) is 4.98 Å². The Labute approximate surface area is 135 Å². The molecule has 4 nitrogen and oxygen atoms in total. The van der Waals surface area contributed by atoms with Gasteiger partial charge in [0.05, 0.1) is 16.8 Å². The molecule has 2 aromatic carbocycles. The molecule has 24 heavy (non-hydrogen) atoms. The van der Waals surface area contributed by atoms with Crippen molar-refractivity contribution in [3.8, 4) is 5.88 Å². The molecule has 2 N–H and O–H groups in total. The van der Waals surface area contributed by atoms with Crippen molar-refractivity contribution < 1.29 is 18.3 Å². The molecule has 0 spiro atoms. The third-order valence-corrected chi connectivity index (χ3v) is 3.70. The highest BCUT2D eigenvalue weighted by Gasteiger charge is 2.34. The molecule has 0 saturated carbocycles. The van der Waals surface area contributed by atoms with Gasteiger partial charge in [-0.1, -0.05) is 31.2 Å². The quantitative estimate of drug-likeness (QED) is 0.579. The highest BCUT2D eigenvalue weighted by molar-refractivity contribution is 5.96. The number of hydrogen-bond donors (Lipinski definition) is 2. The number of aromatic hydroxyl groups is 1. The number of aromatic nitrogens is 1. The summed E-state index contributed by atoms with van der Waals surface area (Å²) in [6.45, 7) is 2.03. The fourth-order valence-electron chi connectivity index (χ4n) is 2.43. The summed E-state index contributed by atoms with van der Waals surface area (Å²) in [6.07, 6.45) is -3.64. The molecule has 0 unspecified atom stereocenters. The average molecular weight is 333 g/mol. The average Bonchev–Trinajstić information content (AvgIpc) is 2.87. The molecule has 3 aromatic rings. The van der Waals surface area contributed by atoms with E-state index in [0.29, 0.717) is 5.69 Å². The first-order valence-electron chi connectivity index (χ1n) is 7.31. The number of azo groups is 1. The Kier molecular flexibility index (Phi) is 4.01. The number of halogens is 3. The van der Waals surface area contributed by atoms with Crippen LogP contribution in [0.4, 0.5) is 24.5 Å². The van der Waals surface area contributed by atoms with Crippen LogP contribution in [0.5, 0.6) is 5.88 Å². The van der Waals surface area contributed by atoms with E-state index in [2.05, 4.69) is 15.2 Å². The Morgan fingerprint density at radius 1 is 1.04 bits per heavy atom. The van der Waals surface area contributed by atoms with E-state index in [-0.39, 0.29) is 16.6 Å². The molecule has 3 rings (SSSR count). The second-order valence-corrected chi connectivity index (χ2v) is 5.27. The van der Waals surface area contributed by atoms with E-state index < -0.39 is 17.6 Å². The third kappa shape index (κ3) is 2.97. The topological polar surface area (TPSA) is 60.7 Å². The fourth-order valence-corrected chi connectivity index (χ4v) is 2.43. The molecule has 1 heterocycles. The lowest BCUT2D eigenvalue weighted by atomic mass is 10.1. The molecular weight excluding hydrogens is 319 g/mol. The molecule has 1 aromatic heterocycles. The van der Waals surface area contributed by atoms with Crippen molar-refractivity contribution >= 4 is 22.3 Å². The van der Waals surface area contributed by atoms with Crippen molar-refractivity contribution in [2.75, 3.05) is 0 Å².